The van der Waals surface area contributed by atoms with Crippen LogP contribution in [0.5, 0.6) is 0 Å². The molecule has 0 radical (unpaired) electrons. The summed E-state index contributed by atoms with van der Waals surface area (Å²) in [5.74, 6) is -0.208. The highest BCUT2D eigenvalue weighted by molar-refractivity contribution is 9.10. The van der Waals surface area contributed by atoms with Crippen molar-refractivity contribution in [2.24, 2.45) is 5.73 Å². The van der Waals surface area contributed by atoms with Gasteiger partial charge in [0.15, 0.2) is 0 Å². The Morgan fingerprint density at radius 3 is 2.72 bits per heavy atom. The van der Waals surface area contributed by atoms with Crippen molar-refractivity contribution in [2.45, 2.75) is 45.3 Å². The van der Waals surface area contributed by atoms with E-state index in [0.29, 0.717) is 18.6 Å². The molecule has 0 aliphatic rings. The van der Waals surface area contributed by atoms with E-state index in [1.54, 1.807) is 12.1 Å². The summed E-state index contributed by atoms with van der Waals surface area (Å²) >= 11 is 3.35. The van der Waals surface area contributed by atoms with E-state index in [2.05, 4.69) is 22.9 Å². The summed E-state index contributed by atoms with van der Waals surface area (Å²) in [4.78, 5) is 0. The summed E-state index contributed by atoms with van der Waals surface area (Å²) in [5, 5.41) is 0. The van der Waals surface area contributed by atoms with Crippen LogP contribution in [0.4, 0.5) is 4.39 Å². The fraction of sp³-hybridized carbons (Fsp3) is 0.571. The Balaban J connectivity index is 2.71. The Hall–Kier alpha value is -0.450. The molecular formula is C14H21BrFNO. The van der Waals surface area contributed by atoms with E-state index >= 15 is 0 Å². The molecule has 4 heteroatoms. The number of benzene rings is 1. The molecule has 0 aromatic heterocycles. The number of hydrogen-bond acceptors (Lipinski definition) is 2. The second kappa shape index (κ2) is 7.87. The van der Waals surface area contributed by atoms with Crippen molar-refractivity contribution < 1.29 is 9.13 Å². The van der Waals surface area contributed by atoms with Gasteiger partial charge in [-0.05, 0) is 43.5 Å². The third-order valence-corrected chi connectivity index (χ3v) is 3.39. The highest BCUT2D eigenvalue weighted by atomic mass is 79.9. The molecule has 0 saturated carbocycles. The van der Waals surface area contributed by atoms with Gasteiger partial charge in [0.25, 0.3) is 0 Å². The van der Waals surface area contributed by atoms with E-state index in [-0.39, 0.29) is 18.0 Å². The zero-order valence-electron chi connectivity index (χ0n) is 11.0. The lowest BCUT2D eigenvalue weighted by Gasteiger charge is -2.23. The van der Waals surface area contributed by atoms with Crippen LogP contribution in [-0.2, 0) is 11.2 Å². The average Bonchev–Trinajstić information content (AvgIpc) is 2.33. The van der Waals surface area contributed by atoms with Crippen LogP contribution in [0.15, 0.2) is 22.7 Å². The molecule has 2 atom stereocenters. The summed E-state index contributed by atoms with van der Waals surface area (Å²) in [7, 11) is 0. The molecule has 0 amide bonds. The van der Waals surface area contributed by atoms with E-state index in [0.717, 1.165) is 17.3 Å². The number of rotatable bonds is 7. The van der Waals surface area contributed by atoms with Gasteiger partial charge in [-0.15, -0.1) is 0 Å². The average molecular weight is 318 g/mol. The summed E-state index contributed by atoms with van der Waals surface area (Å²) in [6.45, 7) is 4.69. The van der Waals surface area contributed by atoms with Crippen LogP contribution in [0.25, 0.3) is 0 Å². The second-order valence-electron chi connectivity index (χ2n) is 4.39. The largest absolute Gasteiger partial charge is 0.377 e. The minimum atomic E-state index is -0.208. The van der Waals surface area contributed by atoms with Gasteiger partial charge < -0.3 is 10.5 Å². The van der Waals surface area contributed by atoms with E-state index in [4.69, 9.17) is 10.5 Å². The van der Waals surface area contributed by atoms with Crippen molar-refractivity contribution in [2.75, 3.05) is 6.61 Å². The Labute approximate surface area is 117 Å². The van der Waals surface area contributed by atoms with Crippen molar-refractivity contribution in [1.29, 1.82) is 0 Å². The van der Waals surface area contributed by atoms with Gasteiger partial charge in [-0.2, -0.15) is 0 Å². The third-order valence-electron chi connectivity index (χ3n) is 2.89. The lowest BCUT2D eigenvalue weighted by atomic mass is 9.99. The zero-order chi connectivity index (χ0) is 13.5. The minimum absolute atomic E-state index is 0.00150. The van der Waals surface area contributed by atoms with Crippen LogP contribution in [0, 0.1) is 5.82 Å². The van der Waals surface area contributed by atoms with Crippen molar-refractivity contribution in [3.05, 3.63) is 34.1 Å². The maximum Gasteiger partial charge on any atom is 0.126 e. The molecule has 0 fully saturated rings. The fourth-order valence-corrected chi connectivity index (χ4v) is 2.41. The zero-order valence-corrected chi connectivity index (χ0v) is 12.5. The van der Waals surface area contributed by atoms with Crippen LogP contribution in [0.1, 0.15) is 32.3 Å². The molecule has 0 bridgehead atoms. The summed E-state index contributed by atoms with van der Waals surface area (Å²) in [6.07, 6.45) is 2.42. The first-order chi connectivity index (χ1) is 8.58. The normalized spacial score (nSPS) is 14.5. The number of ether oxygens (including phenoxy) is 1. The van der Waals surface area contributed by atoms with E-state index < -0.39 is 0 Å². The van der Waals surface area contributed by atoms with Gasteiger partial charge in [0.1, 0.15) is 5.82 Å². The molecule has 0 heterocycles. The molecule has 2 unspecified atom stereocenters. The highest BCUT2D eigenvalue weighted by Crippen LogP contribution is 2.18. The van der Waals surface area contributed by atoms with Crippen molar-refractivity contribution in [3.63, 3.8) is 0 Å². The monoisotopic (exact) mass is 317 g/mol. The Kier molecular flexibility index (Phi) is 6.82. The van der Waals surface area contributed by atoms with Gasteiger partial charge in [0, 0.05) is 17.1 Å². The van der Waals surface area contributed by atoms with E-state index in [9.17, 15) is 4.39 Å². The van der Waals surface area contributed by atoms with Crippen LogP contribution >= 0.6 is 15.9 Å². The van der Waals surface area contributed by atoms with Crippen LogP contribution in [-0.4, -0.2) is 18.8 Å². The summed E-state index contributed by atoms with van der Waals surface area (Å²) in [6, 6.07) is 4.76. The predicted octanol–water partition coefficient (Wildman–Crippen LogP) is 3.66. The first kappa shape index (κ1) is 15.6. The molecule has 2 nitrogen and oxygen atoms in total. The molecular weight excluding hydrogens is 297 g/mol. The first-order valence-corrected chi connectivity index (χ1v) is 7.18. The smallest absolute Gasteiger partial charge is 0.126 e. The molecule has 1 aromatic rings. The van der Waals surface area contributed by atoms with Gasteiger partial charge in [0.05, 0.1) is 6.10 Å². The van der Waals surface area contributed by atoms with Gasteiger partial charge >= 0.3 is 0 Å². The lowest BCUT2D eigenvalue weighted by molar-refractivity contribution is 0.0377. The van der Waals surface area contributed by atoms with E-state index in [1.165, 1.54) is 6.07 Å². The molecule has 102 valence electrons. The molecule has 2 N–H and O–H groups in total. The Bertz CT molecular complexity index is 367. The second-order valence-corrected chi connectivity index (χ2v) is 5.30. The van der Waals surface area contributed by atoms with Gasteiger partial charge in [0.2, 0.25) is 0 Å². The quantitative estimate of drug-likeness (QED) is 0.833. The summed E-state index contributed by atoms with van der Waals surface area (Å²) in [5.41, 5.74) is 6.77. The number of hydrogen-bond donors (Lipinski definition) is 1. The summed E-state index contributed by atoms with van der Waals surface area (Å²) < 4.78 is 20.1. The number of halogens is 2. The van der Waals surface area contributed by atoms with Crippen molar-refractivity contribution in [3.8, 4) is 0 Å². The molecule has 0 aliphatic carbocycles. The van der Waals surface area contributed by atoms with Gasteiger partial charge in [-0.1, -0.05) is 29.3 Å². The van der Waals surface area contributed by atoms with E-state index in [1.807, 2.05) is 6.92 Å². The van der Waals surface area contributed by atoms with Crippen LogP contribution < -0.4 is 5.73 Å². The number of nitrogens with two attached hydrogens (primary N) is 1. The van der Waals surface area contributed by atoms with Crippen LogP contribution in [0.2, 0.25) is 0 Å². The maximum atomic E-state index is 13.6. The van der Waals surface area contributed by atoms with Gasteiger partial charge in [-0.25, -0.2) is 4.39 Å². The molecule has 0 spiro atoms. The Morgan fingerprint density at radius 1 is 1.39 bits per heavy atom. The predicted molar refractivity (Wildman–Crippen MR) is 76.1 cm³/mol. The van der Waals surface area contributed by atoms with Crippen molar-refractivity contribution in [1.82, 2.24) is 0 Å². The highest BCUT2D eigenvalue weighted by Gasteiger charge is 2.19. The van der Waals surface area contributed by atoms with Crippen LogP contribution in [0.3, 0.4) is 0 Å². The first-order valence-electron chi connectivity index (χ1n) is 6.39. The molecule has 18 heavy (non-hydrogen) atoms. The molecule has 1 rings (SSSR count). The standard InChI is InChI=1S/C14H21BrFNO/c1-3-5-14(18-4-2)13(17)9-10-8-11(15)6-7-12(10)16/h6-8,13-14H,3-5,9,17H2,1-2H3. The SMILES string of the molecule is CCCC(OCC)C(N)Cc1cc(Br)ccc1F. The third kappa shape index (κ3) is 4.67. The van der Waals surface area contributed by atoms with Crippen molar-refractivity contribution >= 4 is 15.9 Å². The Morgan fingerprint density at radius 2 is 2.11 bits per heavy atom. The molecule has 0 saturated heterocycles. The van der Waals surface area contributed by atoms with Gasteiger partial charge in [-0.3, -0.25) is 0 Å². The topological polar surface area (TPSA) is 35.2 Å². The molecule has 1 aromatic carbocycles. The molecule has 0 aliphatic heterocycles. The maximum absolute atomic E-state index is 13.6. The fourth-order valence-electron chi connectivity index (χ4n) is 2.00. The lowest BCUT2D eigenvalue weighted by Crippen LogP contribution is -2.38. The minimum Gasteiger partial charge on any atom is -0.377 e.